The summed E-state index contributed by atoms with van der Waals surface area (Å²) < 4.78 is 38.3. The highest BCUT2D eigenvalue weighted by molar-refractivity contribution is 5.30. The van der Waals surface area contributed by atoms with E-state index in [4.69, 9.17) is 5.73 Å². The SMILES string of the molecule is NCc1nc2c(c(C(F)(F)F)n1)CCCC2. The number of halogens is 3. The van der Waals surface area contributed by atoms with Crippen molar-refractivity contribution in [3.8, 4) is 0 Å². The predicted octanol–water partition coefficient (Wildman–Crippen LogP) is 1.83. The molecule has 0 unspecified atom stereocenters. The van der Waals surface area contributed by atoms with Crippen LogP contribution in [0.15, 0.2) is 0 Å². The fourth-order valence-electron chi connectivity index (χ4n) is 1.97. The molecule has 1 aromatic heterocycles. The van der Waals surface area contributed by atoms with Crippen LogP contribution in [0.2, 0.25) is 0 Å². The maximum absolute atomic E-state index is 12.8. The fraction of sp³-hybridized carbons (Fsp3) is 0.600. The van der Waals surface area contributed by atoms with Gasteiger partial charge in [-0.05, 0) is 25.7 Å². The fourth-order valence-corrected chi connectivity index (χ4v) is 1.97. The van der Waals surface area contributed by atoms with Gasteiger partial charge in [0.2, 0.25) is 0 Å². The van der Waals surface area contributed by atoms with Gasteiger partial charge >= 0.3 is 6.18 Å². The topological polar surface area (TPSA) is 51.8 Å². The molecule has 0 bridgehead atoms. The molecule has 0 fully saturated rings. The Labute approximate surface area is 90.9 Å². The normalized spacial score (nSPS) is 16.0. The van der Waals surface area contributed by atoms with Gasteiger partial charge in [0, 0.05) is 11.3 Å². The van der Waals surface area contributed by atoms with Crippen molar-refractivity contribution in [3.05, 3.63) is 22.8 Å². The molecule has 0 spiro atoms. The summed E-state index contributed by atoms with van der Waals surface area (Å²) in [5.74, 6) is 0.0768. The van der Waals surface area contributed by atoms with Gasteiger partial charge in [0.1, 0.15) is 5.82 Å². The highest BCUT2D eigenvalue weighted by atomic mass is 19.4. The number of rotatable bonds is 1. The lowest BCUT2D eigenvalue weighted by Gasteiger charge is -2.20. The van der Waals surface area contributed by atoms with Crippen LogP contribution in [-0.4, -0.2) is 9.97 Å². The molecular weight excluding hydrogens is 219 g/mol. The Morgan fingerprint density at radius 2 is 1.81 bits per heavy atom. The highest BCUT2D eigenvalue weighted by Crippen LogP contribution is 2.34. The second-order valence-electron chi connectivity index (χ2n) is 3.82. The predicted molar refractivity (Wildman–Crippen MR) is 51.6 cm³/mol. The maximum atomic E-state index is 12.8. The van der Waals surface area contributed by atoms with Gasteiger partial charge in [-0.3, -0.25) is 0 Å². The second-order valence-corrected chi connectivity index (χ2v) is 3.82. The van der Waals surface area contributed by atoms with E-state index in [0.717, 1.165) is 12.8 Å². The minimum absolute atomic E-state index is 0.0592. The first-order valence-corrected chi connectivity index (χ1v) is 5.18. The van der Waals surface area contributed by atoms with Gasteiger partial charge in [-0.25, -0.2) is 9.97 Å². The monoisotopic (exact) mass is 231 g/mol. The summed E-state index contributed by atoms with van der Waals surface area (Å²) in [4.78, 5) is 7.58. The number of alkyl halides is 3. The molecule has 2 N–H and O–H groups in total. The Bertz CT molecular complexity index is 401. The zero-order valence-electron chi connectivity index (χ0n) is 8.64. The summed E-state index contributed by atoms with van der Waals surface area (Å²) in [7, 11) is 0. The maximum Gasteiger partial charge on any atom is 0.433 e. The van der Waals surface area contributed by atoms with Gasteiger partial charge in [-0.2, -0.15) is 13.2 Å². The molecule has 0 saturated heterocycles. The van der Waals surface area contributed by atoms with Crippen molar-refractivity contribution in [2.75, 3.05) is 0 Å². The van der Waals surface area contributed by atoms with Crippen molar-refractivity contribution in [1.82, 2.24) is 9.97 Å². The number of aromatic nitrogens is 2. The average Bonchev–Trinajstić information content (AvgIpc) is 2.26. The van der Waals surface area contributed by atoms with E-state index in [1.54, 1.807) is 0 Å². The Morgan fingerprint density at radius 3 is 2.44 bits per heavy atom. The molecule has 0 saturated carbocycles. The van der Waals surface area contributed by atoms with Crippen LogP contribution in [0.25, 0.3) is 0 Å². The lowest BCUT2D eigenvalue weighted by atomic mass is 9.94. The molecule has 0 amide bonds. The first kappa shape index (κ1) is 11.3. The summed E-state index contributed by atoms with van der Waals surface area (Å²) >= 11 is 0. The third-order valence-electron chi connectivity index (χ3n) is 2.68. The molecule has 16 heavy (non-hydrogen) atoms. The Hall–Kier alpha value is -1.17. The third kappa shape index (κ3) is 2.02. The molecule has 1 aliphatic carbocycles. The van der Waals surface area contributed by atoms with Gasteiger partial charge in [0.05, 0.1) is 6.54 Å². The van der Waals surface area contributed by atoms with Crippen LogP contribution in [0.5, 0.6) is 0 Å². The van der Waals surface area contributed by atoms with Crippen molar-refractivity contribution in [1.29, 1.82) is 0 Å². The van der Waals surface area contributed by atoms with Gasteiger partial charge in [0.25, 0.3) is 0 Å². The highest BCUT2D eigenvalue weighted by Gasteiger charge is 2.37. The van der Waals surface area contributed by atoms with Crippen LogP contribution in [0.3, 0.4) is 0 Å². The molecule has 1 heterocycles. The standard InChI is InChI=1S/C10H12F3N3/c11-10(12,13)9-6-3-1-2-4-7(6)15-8(5-14)16-9/h1-5,14H2. The summed E-state index contributed by atoms with van der Waals surface area (Å²) in [6.07, 6.45) is -1.76. The minimum Gasteiger partial charge on any atom is -0.324 e. The number of aryl methyl sites for hydroxylation is 1. The van der Waals surface area contributed by atoms with E-state index in [1.165, 1.54) is 0 Å². The summed E-state index contributed by atoms with van der Waals surface area (Å²) in [5.41, 5.74) is 5.29. The van der Waals surface area contributed by atoms with Crippen LogP contribution in [-0.2, 0) is 25.6 Å². The van der Waals surface area contributed by atoms with Crippen molar-refractivity contribution < 1.29 is 13.2 Å². The van der Waals surface area contributed by atoms with Crippen molar-refractivity contribution >= 4 is 0 Å². The van der Waals surface area contributed by atoms with Crippen LogP contribution in [0.1, 0.15) is 35.6 Å². The number of hydrogen-bond donors (Lipinski definition) is 1. The Kier molecular flexibility index (Phi) is 2.84. The summed E-state index contributed by atoms with van der Waals surface area (Å²) in [6.45, 7) is -0.0592. The smallest absolute Gasteiger partial charge is 0.324 e. The minimum atomic E-state index is -4.41. The Balaban J connectivity index is 2.56. The van der Waals surface area contributed by atoms with Gasteiger partial charge in [0.15, 0.2) is 5.69 Å². The van der Waals surface area contributed by atoms with Crippen molar-refractivity contribution in [3.63, 3.8) is 0 Å². The van der Waals surface area contributed by atoms with E-state index < -0.39 is 11.9 Å². The zero-order valence-corrected chi connectivity index (χ0v) is 8.64. The molecule has 1 aliphatic rings. The third-order valence-corrected chi connectivity index (χ3v) is 2.68. The van der Waals surface area contributed by atoms with Crippen LogP contribution < -0.4 is 5.73 Å². The molecule has 0 aliphatic heterocycles. The first-order valence-electron chi connectivity index (χ1n) is 5.18. The van der Waals surface area contributed by atoms with Crippen LogP contribution >= 0.6 is 0 Å². The second kappa shape index (κ2) is 4.01. The number of nitrogens with zero attached hydrogens (tertiary/aromatic N) is 2. The van der Waals surface area contributed by atoms with Gasteiger partial charge < -0.3 is 5.73 Å². The number of nitrogens with two attached hydrogens (primary N) is 1. The number of hydrogen-bond acceptors (Lipinski definition) is 3. The molecule has 88 valence electrons. The molecule has 2 rings (SSSR count). The van der Waals surface area contributed by atoms with E-state index in [-0.39, 0.29) is 17.9 Å². The largest absolute Gasteiger partial charge is 0.433 e. The van der Waals surface area contributed by atoms with Gasteiger partial charge in [-0.15, -0.1) is 0 Å². The molecule has 1 aromatic rings. The molecule has 3 nitrogen and oxygen atoms in total. The Morgan fingerprint density at radius 1 is 1.12 bits per heavy atom. The van der Waals surface area contributed by atoms with Gasteiger partial charge in [-0.1, -0.05) is 0 Å². The van der Waals surface area contributed by atoms with E-state index in [1.807, 2.05) is 0 Å². The lowest BCUT2D eigenvalue weighted by molar-refractivity contribution is -0.142. The zero-order chi connectivity index (χ0) is 11.8. The van der Waals surface area contributed by atoms with E-state index in [0.29, 0.717) is 18.5 Å². The average molecular weight is 231 g/mol. The molecule has 0 radical (unpaired) electrons. The molecular formula is C10H12F3N3. The summed E-state index contributed by atoms with van der Waals surface area (Å²) in [5, 5.41) is 0. The van der Waals surface area contributed by atoms with Crippen molar-refractivity contribution in [2.24, 2.45) is 5.73 Å². The van der Waals surface area contributed by atoms with Crippen molar-refractivity contribution in [2.45, 2.75) is 38.4 Å². The molecule has 0 atom stereocenters. The summed E-state index contributed by atoms with van der Waals surface area (Å²) in [6, 6.07) is 0. The first-order chi connectivity index (χ1) is 7.52. The molecule has 0 aromatic carbocycles. The van der Waals surface area contributed by atoms with E-state index in [9.17, 15) is 13.2 Å². The lowest BCUT2D eigenvalue weighted by Crippen LogP contribution is -2.21. The van der Waals surface area contributed by atoms with E-state index >= 15 is 0 Å². The van der Waals surface area contributed by atoms with Crippen LogP contribution in [0.4, 0.5) is 13.2 Å². The quantitative estimate of drug-likeness (QED) is 0.802. The van der Waals surface area contributed by atoms with Crippen LogP contribution in [0, 0.1) is 0 Å². The van der Waals surface area contributed by atoms with E-state index in [2.05, 4.69) is 9.97 Å². The molecule has 6 heteroatoms. The number of fused-ring (bicyclic) bond motifs is 1.